The van der Waals surface area contributed by atoms with Gasteiger partial charge in [0.25, 0.3) is 5.91 Å². The van der Waals surface area contributed by atoms with Crippen molar-refractivity contribution in [3.8, 4) is 5.75 Å². The highest BCUT2D eigenvalue weighted by atomic mass is 79.9. The number of benzene rings is 1. The quantitative estimate of drug-likeness (QED) is 0.920. The van der Waals surface area contributed by atoms with E-state index in [0.717, 1.165) is 15.8 Å². The summed E-state index contributed by atoms with van der Waals surface area (Å²) in [5.41, 5.74) is 7.79. The van der Waals surface area contributed by atoms with Crippen molar-refractivity contribution >= 4 is 27.5 Å². The van der Waals surface area contributed by atoms with E-state index in [4.69, 9.17) is 10.5 Å². The number of aromatic nitrogens is 1. The molecular formula is C15H18BrN3O2. The lowest BCUT2D eigenvalue weighted by Gasteiger charge is -2.19. The number of ether oxygens (including phenoxy) is 1. The maximum absolute atomic E-state index is 12.5. The summed E-state index contributed by atoms with van der Waals surface area (Å²) in [6.07, 6.45) is 1.72. The second-order valence-electron chi connectivity index (χ2n) is 4.89. The number of amides is 1. The lowest BCUT2D eigenvalue weighted by molar-refractivity contribution is 0.0775. The topological polar surface area (TPSA) is 60.5 Å². The van der Waals surface area contributed by atoms with Crippen LogP contribution in [0.3, 0.4) is 0 Å². The van der Waals surface area contributed by atoms with Gasteiger partial charge in [0, 0.05) is 36.9 Å². The Morgan fingerprint density at radius 1 is 1.43 bits per heavy atom. The van der Waals surface area contributed by atoms with Crippen LogP contribution in [0, 0.1) is 0 Å². The average Bonchev–Trinajstić information content (AvgIpc) is 2.77. The third-order valence-corrected chi connectivity index (χ3v) is 3.74. The van der Waals surface area contributed by atoms with Crippen LogP contribution < -0.4 is 10.5 Å². The Balaban J connectivity index is 2.21. The number of hydrogen-bond acceptors (Lipinski definition) is 3. The Bertz CT molecular complexity index is 667. The standard InChI is InChI=1S/C15H18BrN3O2/c1-18-9-12(17)7-13(18)15(20)19(2)8-10-6-11(16)4-5-14(10)21-3/h4-7,9H,8,17H2,1-3H3. The van der Waals surface area contributed by atoms with Gasteiger partial charge >= 0.3 is 0 Å². The lowest BCUT2D eigenvalue weighted by Crippen LogP contribution is -2.28. The number of carbonyl (C=O) groups is 1. The van der Waals surface area contributed by atoms with Crippen LogP contribution >= 0.6 is 15.9 Å². The van der Waals surface area contributed by atoms with E-state index in [-0.39, 0.29) is 5.91 Å². The number of nitrogens with zero attached hydrogens (tertiary/aromatic N) is 2. The SMILES string of the molecule is COc1ccc(Br)cc1CN(C)C(=O)c1cc(N)cn1C. The Morgan fingerprint density at radius 2 is 2.14 bits per heavy atom. The molecule has 1 heterocycles. The predicted molar refractivity (Wildman–Crippen MR) is 86.3 cm³/mol. The zero-order valence-corrected chi connectivity index (χ0v) is 13.8. The van der Waals surface area contributed by atoms with E-state index < -0.39 is 0 Å². The van der Waals surface area contributed by atoms with Gasteiger partial charge in [-0.15, -0.1) is 0 Å². The molecule has 0 radical (unpaired) electrons. The number of aryl methyl sites for hydroxylation is 1. The van der Waals surface area contributed by atoms with Crippen molar-refractivity contribution in [2.24, 2.45) is 7.05 Å². The van der Waals surface area contributed by atoms with Crippen LogP contribution in [0.5, 0.6) is 5.75 Å². The van der Waals surface area contributed by atoms with Gasteiger partial charge in [-0.25, -0.2) is 0 Å². The molecule has 2 N–H and O–H groups in total. The summed E-state index contributed by atoms with van der Waals surface area (Å²) in [4.78, 5) is 14.1. The molecule has 21 heavy (non-hydrogen) atoms. The fourth-order valence-electron chi connectivity index (χ4n) is 2.20. The molecule has 6 heteroatoms. The Kier molecular flexibility index (Phi) is 4.57. The second-order valence-corrected chi connectivity index (χ2v) is 5.80. The zero-order chi connectivity index (χ0) is 15.6. The highest BCUT2D eigenvalue weighted by Gasteiger charge is 2.17. The van der Waals surface area contributed by atoms with Crippen LogP contribution in [-0.2, 0) is 13.6 Å². The Hall–Kier alpha value is -1.95. The number of halogens is 1. The Labute approximate surface area is 132 Å². The molecule has 1 aromatic heterocycles. The first-order chi connectivity index (χ1) is 9.92. The van der Waals surface area contributed by atoms with Gasteiger partial charge in [-0.05, 0) is 24.3 Å². The van der Waals surface area contributed by atoms with E-state index in [1.165, 1.54) is 0 Å². The van der Waals surface area contributed by atoms with Gasteiger partial charge < -0.3 is 19.9 Å². The second kappa shape index (κ2) is 6.22. The summed E-state index contributed by atoms with van der Waals surface area (Å²) in [6, 6.07) is 7.40. The first-order valence-corrected chi connectivity index (χ1v) is 7.21. The van der Waals surface area contributed by atoms with Crippen molar-refractivity contribution in [2.45, 2.75) is 6.54 Å². The van der Waals surface area contributed by atoms with Gasteiger partial charge in [0.2, 0.25) is 0 Å². The fraction of sp³-hybridized carbons (Fsp3) is 0.267. The van der Waals surface area contributed by atoms with Crippen molar-refractivity contribution in [1.29, 1.82) is 0 Å². The van der Waals surface area contributed by atoms with Gasteiger partial charge in [-0.3, -0.25) is 4.79 Å². The lowest BCUT2D eigenvalue weighted by atomic mass is 10.2. The summed E-state index contributed by atoms with van der Waals surface area (Å²) < 4.78 is 8.01. The molecule has 0 saturated carbocycles. The maximum Gasteiger partial charge on any atom is 0.270 e. The minimum Gasteiger partial charge on any atom is -0.496 e. The molecule has 0 aliphatic rings. The minimum atomic E-state index is -0.0868. The highest BCUT2D eigenvalue weighted by Crippen LogP contribution is 2.24. The van der Waals surface area contributed by atoms with Crippen molar-refractivity contribution in [2.75, 3.05) is 19.9 Å². The largest absolute Gasteiger partial charge is 0.496 e. The molecule has 5 nitrogen and oxygen atoms in total. The van der Waals surface area contributed by atoms with Crippen molar-refractivity contribution in [1.82, 2.24) is 9.47 Å². The molecule has 1 amide bonds. The van der Waals surface area contributed by atoms with E-state index in [2.05, 4.69) is 15.9 Å². The first kappa shape index (κ1) is 15.4. The number of nitrogens with two attached hydrogens (primary N) is 1. The third kappa shape index (κ3) is 3.39. The van der Waals surface area contributed by atoms with Crippen LogP contribution in [0.2, 0.25) is 0 Å². The molecule has 0 aliphatic heterocycles. The molecule has 2 rings (SSSR count). The van der Waals surface area contributed by atoms with Crippen LogP contribution in [0.25, 0.3) is 0 Å². The maximum atomic E-state index is 12.5. The molecule has 0 saturated heterocycles. The predicted octanol–water partition coefficient (Wildman–Crippen LogP) is 2.65. The molecule has 0 atom stereocenters. The highest BCUT2D eigenvalue weighted by molar-refractivity contribution is 9.10. The van der Waals surface area contributed by atoms with E-state index in [1.807, 2.05) is 18.2 Å². The van der Waals surface area contributed by atoms with Crippen LogP contribution in [0.1, 0.15) is 16.1 Å². The fourth-order valence-corrected chi connectivity index (χ4v) is 2.60. The molecule has 0 fully saturated rings. The van der Waals surface area contributed by atoms with Crippen molar-refractivity contribution in [3.63, 3.8) is 0 Å². The number of carbonyl (C=O) groups excluding carboxylic acids is 1. The summed E-state index contributed by atoms with van der Waals surface area (Å²) in [7, 11) is 5.18. The Morgan fingerprint density at radius 3 is 2.71 bits per heavy atom. The molecule has 0 aliphatic carbocycles. The molecule has 112 valence electrons. The van der Waals surface area contributed by atoms with Gasteiger partial charge in [0.15, 0.2) is 0 Å². The molecule has 1 aromatic carbocycles. The normalized spacial score (nSPS) is 10.5. The number of anilines is 1. The number of rotatable bonds is 4. The molecule has 0 unspecified atom stereocenters. The van der Waals surface area contributed by atoms with Crippen LogP contribution in [0.15, 0.2) is 34.9 Å². The summed E-state index contributed by atoms with van der Waals surface area (Å²) in [6.45, 7) is 0.451. The van der Waals surface area contributed by atoms with Crippen LogP contribution in [0.4, 0.5) is 5.69 Å². The van der Waals surface area contributed by atoms with Gasteiger partial charge in [0.05, 0.1) is 12.8 Å². The number of methoxy groups -OCH3 is 1. The zero-order valence-electron chi connectivity index (χ0n) is 12.3. The minimum absolute atomic E-state index is 0.0868. The van der Waals surface area contributed by atoms with E-state index >= 15 is 0 Å². The average molecular weight is 352 g/mol. The van der Waals surface area contributed by atoms with E-state index in [0.29, 0.717) is 17.9 Å². The van der Waals surface area contributed by atoms with Crippen molar-refractivity contribution < 1.29 is 9.53 Å². The monoisotopic (exact) mass is 351 g/mol. The molecule has 0 spiro atoms. The van der Waals surface area contributed by atoms with Gasteiger partial charge in [-0.2, -0.15) is 0 Å². The summed E-state index contributed by atoms with van der Waals surface area (Å²) >= 11 is 3.43. The van der Waals surface area contributed by atoms with E-state index in [1.54, 1.807) is 42.9 Å². The third-order valence-electron chi connectivity index (χ3n) is 3.24. The van der Waals surface area contributed by atoms with Gasteiger partial charge in [0.1, 0.15) is 11.4 Å². The number of nitrogen functional groups attached to an aromatic ring is 1. The molecule has 2 aromatic rings. The van der Waals surface area contributed by atoms with Crippen LogP contribution in [-0.4, -0.2) is 29.5 Å². The summed E-state index contributed by atoms with van der Waals surface area (Å²) in [5, 5.41) is 0. The van der Waals surface area contributed by atoms with Crippen molar-refractivity contribution in [3.05, 3.63) is 46.2 Å². The first-order valence-electron chi connectivity index (χ1n) is 6.42. The summed E-state index contributed by atoms with van der Waals surface area (Å²) in [5.74, 6) is 0.667. The number of hydrogen-bond donors (Lipinski definition) is 1. The smallest absolute Gasteiger partial charge is 0.270 e. The molecular weight excluding hydrogens is 334 g/mol. The van der Waals surface area contributed by atoms with Gasteiger partial charge in [-0.1, -0.05) is 15.9 Å². The molecule has 0 bridgehead atoms. The van der Waals surface area contributed by atoms with E-state index in [9.17, 15) is 4.79 Å².